The molecule has 0 spiro atoms. The molecule has 116 valence electrons. The fourth-order valence-corrected chi connectivity index (χ4v) is 1.84. The third kappa shape index (κ3) is 5.20. The second-order valence-corrected chi connectivity index (χ2v) is 4.63. The lowest BCUT2D eigenvalue weighted by atomic mass is 10.3. The molecule has 1 amide bonds. The number of carbonyl (C=O) groups excluding carboxylic acids is 1. The van der Waals surface area contributed by atoms with Gasteiger partial charge in [-0.25, -0.2) is 0 Å². The van der Waals surface area contributed by atoms with E-state index in [0.717, 1.165) is 5.75 Å². The highest BCUT2D eigenvalue weighted by atomic mass is 16.5. The summed E-state index contributed by atoms with van der Waals surface area (Å²) in [4.78, 5) is 11.9. The fraction of sp³-hybridized carbons (Fsp3) is 0.235. The first-order valence-electron chi connectivity index (χ1n) is 7.11. The summed E-state index contributed by atoms with van der Waals surface area (Å²) in [6, 6.07) is 16.8. The minimum atomic E-state index is -0.125. The standard InChI is InChI=1S/C17H20N2O3/c1-21-12-11-18-13-17(20)19-15-9-5-6-10-16(15)22-14-7-3-2-4-8-14/h2-10,18H,11-13H2,1H3,(H,19,20). The van der Waals surface area contributed by atoms with E-state index < -0.39 is 0 Å². The third-order valence-corrected chi connectivity index (χ3v) is 2.90. The first kappa shape index (κ1) is 16.0. The van der Waals surface area contributed by atoms with Crippen molar-refractivity contribution < 1.29 is 14.3 Å². The Morgan fingerprint density at radius 1 is 1.05 bits per heavy atom. The summed E-state index contributed by atoms with van der Waals surface area (Å²) in [6.07, 6.45) is 0. The number of ether oxygens (including phenoxy) is 2. The fourth-order valence-electron chi connectivity index (χ4n) is 1.84. The number of carbonyl (C=O) groups is 1. The molecule has 0 saturated carbocycles. The maximum Gasteiger partial charge on any atom is 0.238 e. The summed E-state index contributed by atoms with van der Waals surface area (Å²) in [5, 5.41) is 5.84. The molecule has 5 heteroatoms. The van der Waals surface area contributed by atoms with Crippen LogP contribution in [0.25, 0.3) is 0 Å². The lowest BCUT2D eigenvalue weighted by molar-refractivity contribution is -0.115. The van der Waals surface area contributed by atoms with Gasteiger partial charge in [-0.1, -0.05) is 30.3 Å². The van der Waals surface area contributed by atoms with Gasteiger partial charge in [0.15, 0.2) is 5.75 Å². The Morgan fingerprint density at radius 3 is 2.55 bits per heavy atom. The highest BCUT2D eigenvalue weighted by molar-refractivity contribution is 5.93. The van der Waals surface area contributed by atoms with Gasteiger partial charge in [-0.15, -0.1) is 0 Å². The van der Waals surface area contributed by atoms with Crippen molar-refractivity contribution in [1.82, 2.24) is 5.32 Å². The predicted octanol–water partition coefficient (Wildman–Crippen LogP) is 2.65. The number of rotatable bonds is 8. The summed E-state index contributed by atoms with van der Waals surface area (Å²) < 4.78 is 10.7. The van der Waals surface area contributed by atoms with Crippen LogP contribution in [0.3, 0.4) is 0 Å². The van der Waals surface area contributed by atoms with Crippen LogP contribution in [0, 0.1) is 0 Å². The molecule has 2 N–H and O–H groups in total. The van der Waals surface area contributed by atoms with Gasteiger partial charge in [0.05, 0.1) is 18.8 Å². The minimum Gasteiger partial charge on any atom is -0.455 e. The van der Waals surface area contributed by atoms with Crippen molar-refractivity contribution >= 4 is 11.6 Å². The summed E-state index contributed by atoms with van der Waals surface area (Å²) in [6.45, 7) is 1.43. The summed E-state index contributed by atoms with van der Waals surface area (Å²) in [5.41, 5.74) is 0.643. The smallest absolute Gasteiger partial charge is 0.238 e. The zero-order valence-corrected chi connectivity index (χ0v) is 12.5. The molecular weight excluding hydrogens is 280 g/mol. The Balaban J connectivity index is 1.95. The third-order valence-electron chi connectivity index (χ3n) is 2.90. The van der Waals surface area contributed by atoms with Crippen LogP contribution in [0.2, 0.25) is 0 Å². The molecule has 0 aliphatic heterocycles. The van der Waals surface area contributed by atoms with E-state index in [9.17, 15) is 4.79 Å². The molecule has 22 heavy (non-hydrogen) atoms. The average Bonchev–Trinajstić information content (AvgIpc) is 2.54. The van der Waals surface area contributed by atoms with Crippen molar-refractivity contribution in [3.63, 3.8) is 0 Å². The number of hydrogen-bond acceptors (Lipinski definition) is 4. The van der Waals surface area contributed by atoms with E-state index in [0.29, 0.717) is 24.6 Å². The maximum absolute atomic E-state index is 11.9. The summed E-state index contributed by atoms with van der Waals surface area (Å²) >= 11 is 0. The number of methoxy groups -OCH3 is 1. The molecule has 0 saturated heterocycles. The first-order valence-corrected chi connectivity index (χ1v) is 7.11. The predicted molar refractivity (Wildman–Crippen MR) is 86.3 cm³/mol. The van der Waals surface area contributed by atoms with E-state index in [1.54, 1.807) is 7.11 Å². The monoisotopic (exact) mass is 300 g/mol. The van der Waals surface area contributed by atoms with Crippen molar-refractivity contribution in [3.05, 3.63) is 54.6 Å². The van der Waals surface area contributed by atoms with Crippen molar-refractivity contribution in [2.45, 2.75) is 0 Å². The molecule has 2 aromatic carbocycles. The molecule has 0 bridgehead atoms. The van der Waals surface area contributed by atoms with Crippen LogP contribution in [0.4, 0.5) is 5.69 Å². The van der Waals surface area contributed by atoms with Gasteiger partial charge in [0.25, 0.3) is 0 Å². The number of hydrogen-bond donors (Lipinski definition) is 2. The van der Waals surface area contributed by atoms with Crippen molar-refractivity contribution in [2.75, 3.05) is 32.1 Å². The van der Waals surface area contributed by atoms with Gasteiger partial charge in [0.2, 0.25) is 5.91 Å². The van der Waals surface area contributed by atoms with Gasteiger partial charge in [-0.2, -0.15) is 0 Å². The SMILES string of the molecule is COCCNCC(=O)Nc1ccccc1Oc1ccccc1. The molecule has 0 aromatic heterocycles. The normalized spacial score (nSPS) is 10.2. The minimum absolute atomic E-state index is 0.125. The van der Waals surface area contributed by atoms with E-state index in [-0.39, 0.29) is 12.5 Å². The topological polar surface area (TPSA) is 59.6 Å². The lowest BCUT2D eigenvalue weighted by Crippen LogP contribution is -2.30. The maximum atomic E-state index is 11.9. The van der Waals surface area contributed by atoms with Crippen LogP contribution >= 0.6 is 0 Å². The molecule has 0 aliphatic carbocycles. The van der Waals surface area contributed by atoms with E-state index >= 15 is 0 Å². The van der Waals surface area contributed by atoms with Crippen molar-refractivity contribution in [1.29, 1.82) is 0 Å². The van der Waals surface area contributed by atoms with Gasteiger partial charge in [0, 0.05) is 13.7 Å². The Morgan fingerprint density at radius 2 is 1.77 bits per heavy atom. The number of amides is 1. The molecule has 0 radical (unpaired) electrons. The largest absolute Gasteiger partial charge is 0.455 e. The number of para-hydroxylation sites is 3. The first-order chi connectivity index (χ1) is 10.8. The molecule has 0 atom stereocenters. The molecule has 0 unspecified atom stereocenters. The Labute approximate surface area is 130 Å². The highest BCUT2D eigenvalue weighted by Gasteiger charge is 2.08. The van der Waals surface area contributed by atoms with Crippen LogP contribution in [-0.4, -0.2) is 32.7 Å². The van der Waals surface area contributed by atoms with Crippen molar-refractivity contribution in [2.24, 2.45) is 0 Å². The molecule has 5 nitrogen and oxygen atoms in total. The molecule has 0 aliphatic rings. The summed E-state index contributed by atoms with van der Waals surface area (Å²) in [7, 11) is 1.62. The summed E-state index contributed by atoms with van der Waals surface area (Å²) in [5.74, 6) is 1.21. The Bertz CT molecular complexity index is 587. The van der Waals surface area contributed by atoms with Crippen LogP contribution in [0.15, 0.2) is 54.6 Å². The van der Waals surface area contributed by atoms with Gasteiger partial charge in [-0.3, -0.25) is 4.79 Å². The molecule has 2 aromatic rings. The van der Waals surface area contributed by atoms with Gasteiger partial charge in [0.1, 0.15) is 5.75 Å². The number of anilines is 1. The van der Waals surface area contributed by atoms with Crippen LogP contribution < -0.4 is 15.4 Å². The molecule has 0 fully saturated rings. The Kier molecular flexibility index (Phi) is 6.41. The zero-order valence-electron chi connectivity index (χ0n) is 12.5. The second kappa shape index (κ2) is 8.81. The van der Waals surface area contributed by atoms with Gasteiger partial charge in [-0.05, 0) is 24.3 Å². The van der Waals surface area contributed by atoms with Crippen molar-refractivity contribution in [3.8, 4) is 11.5 Å². The van der Waals surface area contributed by atoms with Crippen LogP contribution in [0.5, 0.6) is 11.5 Å². The van der Waals surface area contributed by atoms with Gasteiger partial charge >= 0.3 is 0 Å². The van der Waals surface area contributed by atoms with E-state index in [1.807, 2.05) is 54.6 Å². The zero-order chi connectivity index (χ0) is 15.6. The molecular formula is C17H20N2O3. The van der Waals surface area contributed by atoms with Crippen LogP contribution in [0.1, 0.15) is 0 Å². The lowest BCUT2D eigenvalue weighted by Gasteiger charge is -2.12. The van der Waals surface area contributed by atoms with E-state index in [1.165, 1.54) is 0 Å². The quantitative estimate of drug-likeness (QED) is 0.736. The molecule has 2 rings (SSSR count). The number of benzene rings is 2. The highest BCUT2D eigenvalue weighted by Crippen LogP contribution is 2.28. The van der Waals surface area contributed by atoms with Crippen LogP contribution in [-0.2, 0) is 9.53 Å². The Hall–Kier alpha value is -2.37. The average molecular weight is 300 g/mol. The second-order valence-electron chi connectivity index (χ2n) is 4.63. The molecule has 0 heterocycles. The number of nitrogens with one attached hydrogen (secondary N) is 2. The van der Waals surface area contributed by atoms with E-state index in [4.69, 9.17) is 9.47 Å². The van der Waals surface area contributed by atoms with Gasteiger partial charge < -0.3 is 20.1 Å². The van der Waals surface area contributed by atoms with E-state index in [2.05, 4.69) is 10.6 Å².